The quantitative estimate of drug-likeness (QED) is 0.651. The molecule has 0 aliphatic rings. The predicted molar refractivity (Wildman–Crippen MR) is 104 cm³/mol. The molecule has 0 bridgehead atoms. The lowest BCUT2D eigenvalue weighted by atomic mass is 9.97. The van der Waals surface area contributed by atoms with E-state index in [9.17, 15) is 9.59 Å². The van der Waals surface area contributed by atoms with Gasteiger partial charge in [0.05, 0.1) is 12.8 Å². The van der Waals surface area contributed by atoms with Gasteiger partial charge in [0.25, 0.3) is 5.91 Å². The maximum absolute atomic E-state index is 12.3. The zero-order valence-corrected chi connectivity index (χ0v) is 15.2. The number of nitrogens with zero attached hydrogens (tertiary/aromatic N) is 2. The molecule has 0 aliphatic carbocycles. The second-order valence-corrected chi connectivity index (χ2v) is 5.99. The molecule has 7 nitrogen and oxygen atoms in total. The molecule has 0 atom stereocenters. The first-order valence-electron chi connectivity index (χ1n) is 8.57. The van der Waals surface area contributed by atoms with Crippen molar-refractivity contribution in [2.75, 3.05) is 19.4 Å². The smallest absolute Gasteiger partial charge is 0.273 e. The largest absolute Gasteiger partial charge is 0.497 e. The zero-order valence-electron chi connectivity index (χ0n) is 15.2. The molecule has 0 saturated heterocycles. The molecule has 0 fully saturated rings. The third-order valence-electron chi connectivity index (χ3n) is 4.26. The van der Waals surface area contributed by atoms with Crippen molar-refractivity contribution in [1.29, 1.82) is 0 Å². The molecule has 138 valence electrons. The second-order valence-electron chi connectivity index (χ2n) is 5.99. The number of aldehydes is 1. The fraction of sp³-hybridized carbons (Fsp3) is 0.200. The van der Waals surface area contributed by atoms with Crippen molar-refractivity contribution in [3.8, 4) is 16.9 Å². The highest BCUT2D eigenvalue weighted by atomic mass is 16.5. The fourth-order valence-electron chi connectivity index (χ4n) is 2.86. The van der Waals surface area contributed by atoms with E-state index in [1.54, 1.807) is 37.4 Å². The molecule has 1 heterocycles. The molecule has 0 aliphatic heterocycles. The van der Waals surface area contributed by atoms with E-state index in [-0.39, 0.29) is 17.3 Å². The number of hydrogen-bond donors (Lipinski definition) is 2. The minimum atomic E-state index is -0.357. The molecule has 0 radical (unpaired) electrons. The third kappa shape index (κ3) is 3.44. The normalized spacial score (nSPS) is 10.6. The zero-order chi connectivity index (χ0) is 19.4. The molecule has 27 heavy (non-hydrogen) atoms. The molecule has 0 unspecified atom stereocenters. The maximum atomic E-state index is 12.3. The van der Waals surface area contributed by atoms with E-state index >= 15 is 0 Å². The maximum Gasteiger partial charge on any atom is 0.273 e. The molecule has 3 aromatic rings. The van der Waals surface area contributed by atoms with Gasteiger partial charge in [-0.25, -0.2) is 0 Å². The molecule has 7 heteroatoms. The van der Waals surface area contributed by atoms with Crippen LogP contribution in [0, 0.1) is 0 Å². The molecule has 0 saturated carbocycles. The number of hydrogen-bond acceptors (Lipinski definition) is 6. The lowest BCUT2D eigenvalue weighted by Gasteiger charge is -2.12. The van der Waals surface area contributed by atoms with E-state index < -0.39 is 0 Å². The summed E-state index contributed by atoms with van der Waals surface area (Å²) in [6.07, 6.45) is 1.58. The van der Waals surface area contributed by atoms with Crippen LogP contribution < -0.4 is 15.8 Å². The summed E-state index contributed by atoms with van der Waals surface area (Å²) in [7, 11) is 1.56. The van der Waals surface area contributed by atoms with Crippen LogP contribution in [-0.4, -0.2) is 36.0 Å². The summed E-state index contributed by atoms with van der Waals surface area (Å²) in [4.78, 5) is 23.7. The van der Waals surface area contributed by atoms with Gasteiger partial charge in [0.2, 0.25) is 0 Å². The van der Waals surface area contributed by atoms with Crippen molar-refractivity contribution in [3.63, 3.8) is 0 Å². The Balaban J connectivity index is 2.19. The highest BCUT2D eigenvalue weighted by Gasteiger charge is 2.18. The molecule has 3 rings (SSSR count). The van der Waals surface area contributed by atoms with Crippen molar-refractivity contribution < 1.29 is 14.3 Å². The Bertz CT molecular complexity index is 1020. The topological polar surface area (TPSA) is 107 Å². The molecule has 3 N–H and O–H groups in total. The standard InChI is InChI=1S/C20H20N4O3/c1-3-9-22-20(26)19-17(21)15-6-4-5-14(18(15)23-24-19)16-10-13(27-2)8-7-12(16)11-25/h4-8,10-11H,3,9H2,1-2H3,(H2,21,23)(H,22,26). The van der Waals surface area contributed by atoms with E-state index in [4.69, 9.17) is 10.5 Å². The number of carbonyl (C=O) groups is 2. The number of nitrogens with one attached hydrogen (secondary N) is 1. The monoisotopic (exact) mass is 364 g/mol. The molecule has 0 spiro atoms. The predicted octanol–water partition coefficient (Wildman–Crippen LogP) is 2.84. The van der Waals surface area contributed by atoms with Gasteiger partial charge < -0.3 is 15.8 Å². The highest BCUT2D eigenvalue weighted by molar-refractivity contribution is 6.08. The molecule has 1 aromatic heterocycles. The first-order chi connectivity index (χ1) is 13.1. The number of benzene rings is 2. The van der Waals surface area contributed by atoms with E-state index in [2.05, 4.69) is 15.5 Å². The third-order valence-corrected chi connectivity index (χ3v) is 4.26. The van der Waals surface area contributed by atoms with Gasteiger partial charge in [-0.1, -0.05) is 25.1 Å². The van der Waals surface area contributed by atoms with Crippen LogP contribution in [-0.2, 0) is 0 Å². The van der Waals surface area contributed by atoms with Gasteiger partial charge in [0.15, 0.2) is 12.0 Å². The van der Waals surface area contributed by atoms with Crippen LogP contribution in [0.5, 0.6) is 5.75 Å². The number of nitrogen functional groups attached to an aromatic ring is 1. The average molecular weight is 364 g/mol. The van der Waals surface area contributed by atoms with Crippen LogP contribution in [0.25, 0.3) is 22.0 Å². The Kier molecular flexibility index (Phi) is 5.30. The van der Waals surface area contributed by atoms with Crippen molar-refractivity contribution >= 4 is 28.8 Å². The van der Waals surface area contributed by atoms with Crippen molar-refractivity contribution in [2.45, 2.75) is 13.3 Å². The summed E-state index contributed by atoms with van der Waals surface area (Å²) < 4.78 is 5.27. The van der Waals surface area contributed by atoms with E-state index in [0.717, 1.165) is 12.7 Å². The molecule has 1 amide bonds. The Hall–Kier alpha value is -3.48. The van der Waals surface area contributed by atoms with Crippen molar-refractivity contribution in [1.82, 2.24) is 15.5 Å². The number of anilines is 1. The number of ether oxygens (including phenoxy) is 1. The second kappa shape index (κ2) is 7.82. The van der Waals surface area contributed by atoms with Crippen LogP contribution in [0.4, 0.5) is 5.69 Å². The van der Waals surface area contributed by atoms with Crippen molar-refractivity contribution in [3.05, 3.63) is 47.7 Å². The van der Waals surface area contributed by atoms with E-state index in [1.165, 1.54) is 0 Å². The van der Waals surface area contributed by atoms with Crippen LogP contribution in [0.15, 0.2) is 36.4 Å². The van der Waals surface area contributed by atoms with E-state index in [0.29, 0.717) is 39.9 Å². The lowest BCUT2D eigenvalue weighted by Crippen LogP contribution is -2.26. The lowest BCUT2D eigenvalue weighted by molar-refractivity contribution is 0.0948. The van der Waals surface area contributed by atoms with Crippen LogP contribution in [0.2, 0.25) is 0 Å². The van der Waals surface area contributed by atoms with Gasteiger partial charge in [-0.15, -0.1) is 10.2 Å². The summed E-state index contributed by atoms with van der Waals surface area (Å²) in [5.74, 6) is 0.258. The summed E-state index contributed by atoms with van der Waals surface area (Å²) >= 11 is 0. The van der Waals surface area contributed by atoms with Gasteiger partial charge in [-0.3, -0.25) is 9.59 Å². The molecular weight excluding hydrogens is 344 g/mol. The van der Waals surface area contributed by atoms with Crippen LogP contribution in [0.3, 0.4) is 0 Å². The van der Waals surface area contributed by atoms with Gasteiger partial charge in [-0.05, 0) is 30.2 Å². The van der Waals surface area contributed by atoms with Gasteiger partial charge in [-0.2, -0.15) is 0 Å². The Morgan fingerprint density at radius 3 is 2.74 bits per heavy atom. The van der Waals surface area contributed by atoms with Crippen molar-refractivity contribution in [2.24, 2.45) is 0 Å². The number of carbonyl (C=O) groups excluding carboxylic acids is 2. The number of rotatable bonds is 6. The SMILES string of the molecule is CCCNC(=O)c1nnc2c(-c3cc(OC)ccc3C=O)cccc2c1N. The van der Waals surface area contributed by atoms with Crippen LogP contribution in [0.1, 0.15) is 34.2 Å². The summed E-state index contributed by atoms with van der Waals surface area (Å²) in [5, 5.41) is 11.6. The minimum Gasteiger partial charge on any atom is -0.497 e. The summed E-state index contributed by atoms with van der Waals surface area (Å²) in [5.41, 5.74) is 8.91. The fourth-order valence-corrected chi connectivity index (χ4v) is 2.86. The number of nitrogens with two attached hydrogens (primary N) is 1. The Labute approximate surface area is 156 Å². The highest BCUT2D eigenvalue weighted by Crippen LogP contribution is 2.34. The first-order valence-corrected chi connectivity index (χ1v) is 8.57. The number of fused-ring (bicyclic) bond motifs is 1. The molecular formula is C20H20N4O3. The van der Waals surface area contributed by atoms with Gasteiger partial charge in [0, 0.05) is 23.1 Å². The van der Waals surface area contributed by atoms with Crippen LogP contribution >= 0.6 is 0 Å². The number of methoxy groups -OCH3 is 1. The summed E-state index contributed by atoms with van der Waals surface area (Å²) in [6.45, 7) is 2.49. The van der Waals surface area contributed by atoms with E-state index in [1.807, 2.05) is 13.0 Å². The minimum absolute atomic E-state index is 0.0920. The summed E-state index contributed by atoms with van der Waals surface area (Å²) in [6, 6.07) is 10.6. The Morgan fingerprint density at radius 2 is 2.04 bits per heavy atom. The van der Waals surface area contributed by atoms with Gasteiger partial charge >= 0.3 is 0 Å². The molecule has 2 aromatic carbocycles. The Morgan fingerprint density at radius 1 is 1.22 bits per heavy atom. The van der Waals surface area contributed by atoms with Gasteiger partial charge in [0.1, 0.15) is 11.3 Å². The number of amides is 1. The first kappa shape index (κ1) is 18.3. The average Bonchev–Trinajstić information content (AvgIpc) is 2.71. The number of aromatic nitrogens is 2.